The maximum Gasteiger partial charge on any atom is 0.0558 e. The molecule has 26 nitrogen and oxygen atoms in total. The predicted octanol–water partition coefficient (Wildman–Crippen LogP) is 2.15. The lowest BCUT2D eigenvalue weighted by Gasteiger charge is -2.26. The number of nitrogens with zero attached hydrogens (tertiary/aromatic N) is 12. The molecule has 13 aliphatic rings. The smallest absolute Gasteiger partial charge is 0.0558 e. The highest BCUT2D eigenvalue weighted by Crippen LogP contribution is 2.31. The Kier molecular flexibility index (Phi) is 59.6. The van der Waals surface area contributed by atoms with Gasteiger partial charge in [-0.15, -0.1) is 0 Å². The van der Waals surface area contributed by atoms with Crippen LogP contribution >= 0.6 is 0 Å². The first-order valence-corrected chi connectivity index (χ1v) is 44.7. The summed E-state index contributed by atoms with van der Waals surface area (Å²) in [5.74, 6) is 1.35. The van der Waals surface area contributed by atoms with Gasteiger partial charge in [0.2, 0.25) is 0 Å². The van der Waals surface area contributed by atoms with Gasteiger partial charge < -0.3 is 78.2 Å². The maximum atomic E-state index is 8.45. The van der Waals surface area contributed by atoms with Crippen LogP contribution in [-0.2, 0) is 0 Å². The fourth-order valence-electron chi connectivity index (χ4n) is 13.5. The molecule has 0 amide bonds. The van der Waals surface area contributed by atoms with Gasteiger partial charge in [0.05, 0.1) is 13.2 Å². The lowest BCUT2D eigenvalue weighted by Crippen LogP contribution is -2.34. The molecule has 0 aromatic rings. The second-order valence-corrected chi connectivity index (χ2v) is 34.7. The van der Waals surface area contributed by atoms with E-state index in [-0.39, 0.29) is 0 Å². The molecular formula is C83H190N24O2. The third-order valence-electron chi connectivity index (χ3n) is 23.3. The SMILES string of the molecule is CC(CCN)N1CC1C.CC(CN)CN1CC1C.CC1CN1.CC1CN1C(C)(C)CCN.CC1CN1CCCN.CC1CN1CCN.CC1CN1CCNCCN.CC1CN1CCO.CCC1CN1C(C)CCN.CCC1CN1CC(C)CN.CCC1CN1CCCN.CCC1CN1CCN.CCC1CN1CCO. The summed E-state index contributed by atoms with van der Waals surface area (Å²) in [4.78, 5) is 29.0. The Hall–Kier alpha value is -1.04. The van der Waals surface area contributed by atoms with Gasteiger partial charge >= 0.3 is 0 Å². The first kappa shape index (κ1) is 106. The zero-order valence-electron chi connectivity index (χ0n) is 74.9. The van der Waals surface area contributed by atoms with Crippen LogP contribution in [0.25, 0.3) is 0 Å². The van der Waals surface area contributed by atoms with Gasteiger partial charge in [-0.3, -0.25) is 58.8 Å². The van der Waals surface area contributed by atoms with Crippen LogP contribution in [0.2, 0.25) is 0 Å². The molecule has 13 rings (SSSR count). The summed E-state index contributed by atoms with van der Waals surface area (Å²) in [5, 5.41) is 23.2. The molecule has 0 aliphatic carbocycles. The standard InChI is InChI=1S/3C8H18N2.C7H17N3.3C7H16N2.2C6H14N2.C6H13NO.C5H12N2.C5H11NO.C3H7N/c1-7-6-10(7)8(2,3)4-5-9;1-3-8-6-10(8)5-7(2)4-9;1-3-8-6-10(8)7(2)4-5-9;1-7-6-10(7)5-4-9-3-2-8;1-6(3-8)4-9-5-7(9)2;1-6(3-4-8)9-5-7(9)2;1-2-7-6-9(7)5-3-4-8;1-6-5-8(6)4-2-3-7;1-2-6-5-8(6)4-3-7;1-2-6-5-7(6)3-4-8;1-5-4-7(5)3-2-6;1-5-4-6(5)2-3-7;1-3-2-4-3/h7H,4-6,9H2,1-3H3;2*7-8H,3-6,9H2,1-2H3;7,9H,2-6,8H2,1H3;2*6-7H,3-5,8H2,1-2H3;7H,2-6,8H2,1H3;2*6H,2-5,7H2,1H3;6,8H,2-5H2,1H3;5H,2-4,6H2,1H3;5,7H,2-4H2,1H3;3-4H,2H2,1H3. The Morgan fingerprint density at radius 2 is 0.706 bits per heavy atom. The van der Waals surface area contributed by atoms with Gasteiger partial charge in [0.15, 0.2) is 0 Å². The number of aliphatic hydroxyl groups is 2. The third kappa shape index (κ3) is 55.3. The van der Waals surface area contributed by atoms with E-state index in [2.05, 4.69) is 201 Å². The summed E-state index contributed by atoms with van der Waals surface area (Å²) in [7, 11) is 0. The van der Waals surface area contributed by atoms with E-state index in [0.29, 0.717) is 36.6 Å². The van der Waals surface area contributed by atoms with Gasteiger partial charge in [-0.25, -0.2) is 0 Å². The zero-order chi connectivity index (χ0) is 82.2. The fourth-order valence-corrected chi connectivity index (χ4v) is 13.5. The first-order chi connectivity index (χ1) is 52.0. The molecule has 13 heterocycles. The van der Waals surface area contributed by atoms with Crippen molar-refractivity contribution in [1.29, 1.82) is 0 Å². The van der Waals surface area contributed by atoms with Crippen molar-refractivity contribution in [3.63, 3.8) is 0 Å². The maximum absolute atomic E-state index is 8.45. The number of rotatable bonds is 39. The molecule has 29 atom stereocenters. The van der Waals surface area contributed by atoms with E-state index in [9.17, 15) is 0 Å². The van der Waals surface area contributed by atoms with E-state index >= 15 is 0 Å². The number of aliphatic hydroxyl groups excluding tert-OH is 2. The van der Waals surface area contributed by atoms with Gasteiger partial charge in [0, 0.05) is 260 Å². The minimum absolute atomic E-state index is 0.310. The summed E-state index contributed by atoms with van der Waals surface area (Å²) in [6.45, 7) is 79.6. The van der Waals surface area contributed by atoms with Crippen molar-refractivity contribution >= 4 is 0 Å². The highest BCUT2D eigenvalue weighted by atomic mass is 16.3. The lowest BCUT2D eigenvalue weighted by molar-refractivity contribution is 0.249. The second-order valence-electron chi connectivity index (χ2n) is 34.7. The quantitative estimate of drug-likeness (QED) is 0.0310. The van der Waals surface area contributed by atoms with E-state index in [1.807, 2.05) is 0 Å². The minimum atomic E-state index is 0.310. The van der Waals surface area contributed by atoms with Crippen molar-refractivity contribution < 1.29 is 10.2 Å². The van der Waals surface area contributed by atoms with Crippen LogP contribution in [0.3, 0.4) is 0 Å². The highest BCUT2D eigenvalue weighted by molar-refractivity contribution is 4.98. The Morgan fingerprint density at radius 3 is 1.00 bits per heavy atom. The van der Waals surface area contributed by atoms with E-state index < -0.39 is 0 Å². The van der Waals surface area contributed by atoms with Crippen molar-refractivity contribution in [2.75, 3.05) is 236 Å². The van der Waals surface area contributed by atoms with Crippen LogP contribution in [0.4, 0.5) is 0 Å². The zero-order valence-corrected chi connectivity index (χ0v) is 74.9. The highest BCUT2D eigenvalue weighted by Gasteiger charge is 2.41. The topological polar surface area (TPSA) is 371 Å². The summed E-state index contributed by atoms with van der Waals surface area (Å²) in [5.41, 5.74) is 54.3. The molecule has 13 fully saturated rings. The number of β-amino-alcohol motifs (C(OH)–C–C–N with tert-alkyl or cyclic N) is 2. The molecule has 109 heavy (non-hydrogen) atoms. The van der Waals surface area contributed by atoms with Gasteiger partial charge in [0.1, 0.15) is 0 Å². The molecule has 0 radical (unpaired) electrons. The summed E-state index contributed by atoms with van der Waals surface area (Å²) in [6, 6.07) is 12.3. The van der Waals surface area contributed by atoms with Crippen molar-refractivity contribution in [2.45, 2.75) is 292 Å². The van der Waals surface area contributed by atoms with Crippen molar-refractivity contribution in [3.8, 4) is 0 Å². The molecule has 654 valence electrons. The van der Waals surface area contributed by atoms with E-state index in [1.54, 1.807) is 0 Å². The van der Waals surface area contributed by atoms with Crippen molar-refractivity contribution in [1.82, 2.24) is 69.4 Å². The largest absolute Gasteiger partial charge is 0.395 e. The molecule has 0 spiro atoms. The first-order valence-electron chi connectivity index (χ1n) is 44.7. The normalized spacial score (nSPS) is 34.9. The number of hydrogen-bond acceptors (Lipinski definition) is 26. The number of nitrogens with one attached hydrogen (secondary N) is 2. The fraction of sp³-hybridized carbons (Fsp3) is 1.00. The van der Waals surface area contributed by atoms with Crippen LogP contribution in [0.1, 0.15) is 196 Å². The van der Waals surface area contributed by atoms with E-state index in [1.165, 1.54) is 150 Å². The Labute approximate surface area is 673 Å². The van der Waals surface area contributed by atoms with Gasteiger partial charge in [-0.1, -0.05) is 48.5 Å². The van der Waals surface area contributed by atoms with Crippen LogP contribution in [0.15, 0.2) is 0 Å². The van der Waals surface area contributed by atoms with Crippen molar-refractivity contribution in [2.24, 2.45) is 69.2 Å². The monoisotopic (exact) mass is 1560 g/mol. The molecule has 26 heteroatoms. The predicted molar refractivity (Wildman–Crippen MR) is 470 cm³/mol. The molecular weight excluding hydrogens is 1370 g/mol. The Balaban J connectivity index is 0.000000592. The van der Waals surface area contributed by atoms with E-state index in [4.69, 9.17) is 67.5 Å². The minimum Gasteiger partial charge on any atom is -0.395 e. The summed E-state index contributed by atoms with van der Waals surface area (Å²) >= 11 is 0. The van der Waals surface area contributed by atoms with Gasteiger partial charge in [-0.05, 0) is 218 Å². The summed E-state index contributed by atoms with van der Waals surface area (Å²) in [6.07, 6.45) is 12.2. The molecule has 0 aromatic heterocycles. The average Bonchev–Trinajstić information content (AvgIpc) is 1.67. The third-order valence-corrected chi connectivity index (χ3v) is 23.3. The molecule has 13 saturated heterocycles. The molecule has 24 N–H and O–H groups in total. The molecule has 0 saturated carbocycles. The van der Waals surface area contributed by atoms with Crippen LogP contribution in [0, 0.1) is 11.8 Å². The van der Waals surface area contributed by atoms with Crippen LogP contribution < -0.4 is 68.0 Å². The van der Waals surface area contributed by atoms with Gasteiger partial charge in [-0.2, -0.15) is 0 Å². The Morgan fingerprint density at radius 1 is 0.367 bits per heavy atom. The summed E-state index contributed by atoms with van der Waals surface area (Å²) < 4.78 is 0. The molecule has 13 aliphatic heterocycles. The molecule has 0 aromatic carbocycles. The number of nitrogens with two attached hydrogens (primary N) is 10. The van der Waals surface area contributed by atoms with Crippen molar-refractivity contribution in [3.05, 3.63) is 0 Å². The van der Waals surface area contributed by atoms with Crippen LogP contribution in [-0.4, -0.2) is 401 Å². The number of hydrogen-bond donors (Lipinski definition) is 14. The molecule has 29 unspecified atom stereocenters. The van der Waals surface area contributed by atoms with Gasteiger partial charge in [0.25, 0.3) is 0 Å². The average molecular weight is 1560 g/mol. The lowest BCUT2D eigenvalue weighted by atomic mass is 10.0. The second kappa shape index (κ2) is 61.3. The van der Waals surface area contributed by atoms with E-state index in [0.717, 1.165) is 221 Å². The van der Waals surface area contributed by atoms with Crippen LogP contribution in [0.5, 0.6) is 0 Å². The Bertz CT molecular complexity index is 2060. The molecule has 0 bridgehead atoms.